The van der Waals surface area contributed by atoms with E-state index in [1.165, 1.54) is 33.3 Å². The molecule has 0 atom stereocenters. The average Bonchev–Trinajstić information content (AvgIpc) is 2.87. The van der Waals surface area contributed by atoms with Gasteiger partial charge < -0.3 is 15.0 Å². The third-order valence-corrected chi connectivity index (χ3v) is 4.37. The van der Waals surface area contributed by atoms with Crippen LogP contribution in [0.25, 0.3) is 10.9 Å². The van der Waals surface area contributed by atoms with Crippen molar-refractivity contribution in [3.63, 3.8) is 0 Å². The van der Waals surface area contributed by atoms with Crippen molar-refractivity contribution >= 4 is 10.9 Å². The molecule has 3 nitrogen and oxygen atoms in total. The van der Waals surface area contributed by atoms with Crippen LogP contribution in [-0.2, 0) is 13.0 Å². The van der Waals surface area contributed by atoms with Gasteiger partial charge >= 0.3 is 0 Å². The van der Waals surface area contributed by atoms with Crippen LogP contribution in [0.3, 0.4) is 0 Å². The maximum Gasteiger partial charge on any atom is 0.121 e. The van der Waals surface area contributed by atoms with E-state index in [1.807, 2.05) is 6.07 Å². The van der Waals surface area contributed by atoms with Crippen LogP contribution in [0.5, 0.6) is 5.75 Å². The van der Waals surface area contributed by atoms with E-state index in [-0.39, 0.29) is 0 Å². The van der Waals surface area contributed by atoms with Gasteiger partial charge in [-0.15, -0.1) is 0 Å². The first-order valence-electron chi connectivity index (χ1n) is 8.09. The van der Waals surface area contributed by atoms with E-state index in [4.69, 9.17) is 4.74 Å². The first-order chi connectivity index (χ1) is 11.2. The van der Waals surface area contributed by atoms with Gasteiger partial charge in [0, 0.05) is 23.1 Å². The third-order valence-electron chi connectivity index (χ3n) is 4.37. The number of aryl methyl sites for hydroxylation is 2. The molecule has 0 amide bonds. The summed E-state index contributed by atoms with van der Waals surface area (Å²) in [6.07, 6.45) is 1.03. The Morgan fingerprint density at radius 2 is 1.91 bits per heavy atom. The zero-order valence-corrected chi connectivity index (χ0v) is 14.1. The van der Waals surface area contributed by atoms with Crippen molar-refractivity contribution in [3.8, 4) is 5.75 Å². The number of H-pyrrole nitrogens is 1. The van der Waals surface area contributed by atoms with Crippen molar-refractivity contribution in [3.05, 3.63) is 64.8 Å². The van der Waals surface area contributed by atoms with Gasteiger partial charge in [-0.3, -0.25) is 0 Å². The van der Waals surface area contributed by atoms with Gasteiger partial charge in [0.1, 0.15) is 5.75 Å². The Morgan fingerprint density at radius 1 is 1.09 bits per heavy atom. The maximum atomic E-state index is 5.30. The smallest absolute Gasteiger partial charge is 0.121 e. The molecule has 2 N–H and O–H groups in total. The van der Waals surface area contributed by atoms with Crippen molar-refractivity contribution in [1.82, 2.24) is 10.3 Å². The summed E-state index contributed by atoms with van der Waals surface area (Å²) in [5, 5.41) is 4.88. The van der Waals surface area contributed by atoms with Crippen molar-refractivity contribution in [2.45, 2.75) is 26.8 Å². The molecule has 3 aromatic rings. The normalized spacial score (nSPS) is 11.1. The van der Waals surface area contributed by atoms with Gasteiger partial charge in [-0.2, -0.15) is 0 Å². The van der Waals surface area contributed by atoms with E-state index in [0.29, 0.717) is 0 Å². The van der Waals surface area contributed by atoms with Crippen LogP contribution >= 0.6 is 0 Å². The molecule has 0 saturated heterocycles. The van der Waals surface area contributed by atoms with Crippen LogP contribution in [-0.4, -0.2) is 18.6 Å². The van der Waals surface area contributed by atoms with Gasteiger partial charge in [0.15, 0.2) is 0 Å². The molecular weight excluding hydrogens is 284 g/mol. The lowest BCUT2D eigenvalue weighted by molar-refractivity contribution is 0.411. The topological polar surface area (TPSA) is 37.0 Å². The number of methoxy groups -OCH3 is 1. The molecular formula is C20H24N2O. The molecule has 3 rings (SSSR count). The molecule has 0 aliphatic rings. The minimum atomic E-state index is 0.881. The van der Waals surface area contributed by atoms with Crippen molar-refractivity contribution in [1.29, 1.82) is 0 Å². The first kappa shape index (κ1) is 15.6. The number of benzene rings is 2. The lowest BCUT2D eigenvalue weighted by Crippen LogP contribution is -2.17. The highest BCUT2D eigenvalue weighted by molar-refractivity contribution is 5.84. The van der Waals surface area contributed by atoms with Gasteiger partial charge in [-0.25, -0.2) is 0 Å². The second kappa shape index (κ2) is 6.88. The highest BCUT2D eigenvalue weighted by Gasteiger charge is 2.07. The van der Waals surface area contributed by atoms with Gasteiger partial charge in [0.2, 0.25) is 0 Å². The highest BCUT2D eigenvalue weighted by Crippen LogP contribution is 2.22. The molecule has 0 aliphatic carbocycles. The second-order valence-electron chi connectivity index (χ2n) is 6.00. The zero-order chi connectivity index (χ0) is 16.2. The number of hydrogen-bond acceptors (Lipinski definition) is 2. The summed E-state index contributed by atoms with van der Waals surface area (Å²) in [5.41, 5.74) is 6.39. The maximum absolute atomic E-state index is 5.30. The molecule has 0 radical (unpaired) electrons. The van der Waals surface area contributed by atoms with Crippen LogP contribution in [0.2, 0.25) is 0 Å². The molecule has 23 heavy (non-hydrogen) atoms. The Morgan fingerprint density at radius 3 is 2.70 bits per heavy atom. The monoisotopic (exact) mass is 308 g/mol. The predicted octanol–water partition coefficient (Wildman–Crippen LogP) is 4.13. The number of rotatable bonds is 6. The van der Waals surface area contributed by atoms with E-state index in [2.05, 4.69) is 60.5 Å². The van der Waals surface area contributed by atoms with E-state index in [0.717, 1.165) is 25.3 Å². The molecule has 0 fully saturated rings. The highest BCUT2D eigenvalue weighted by atomic mass is 16.5. The molecule has 0 bridgehead atoms. The lowest BCUT2D eigenvalue weighted by Gasteiger charge is -2.09. The Hall–Kier alpha value is -2.26. The fourth-order valence-electron chi connectivity index (χ4n) is 3.15. The molecule has 1 aromatic heterocycles. The first-order valence-corrected chi connectivity index (χ1v) is 8.09. The summed E-state index contributed by atoms with van der Waals surface area (Å²) < 4.78 is 5.30. The number of ether oxygens (including phenoxy) is 1. The second-order valence-corrected chi connectivity index (χ2v) is 6.00. The molecule has 120 valence electrons. The summed E-state index contributed by atoms with van der Waals surface area (Å²) in [6, 6.07) is 14.9. The summed E-state index contributed by atoms with van der Waals surface area (Å²) in [6.45, 7) is 6.08. The molecule has 0 unspecified atom stereocenters. The van der Waals surface area contributed by atoms with Crippen LogP contribution < -0.4 is 10.1 Å². The fraction of sp³-hybridized carbons (Fsp3) is 0.300. The standard InChI is InChI=1S/C20H24N2O/c1-14-12-16(8-9-20(14)23-3)13-21-11-10-17-15(2)22-19-7-5-4-6-18(17)19/h4-9,12,21-22H,10-11,13H2,1-3H3. The summed E-state index contributed by atoms with van der Waals surface area (Å²) in [5.74, 6) is 0.947. The Kier molecular flexibility index (Phi) is 4.68. The van der Waals surface area contributed by atoms with Crippen molar-refractivity contribution in [2.75, 3.05) is 13.7 Å². The quantitative estimate of drug-likeness (QED) is 0.672. The minimum Gasteiger partial charge on any atom is -0.496 e. The number of hydrogen-bond donors (Lipinski definition) is 2. The number of aromatic amines is 1. The van der Waals surface area contributed by atoms with Crippen LogP contribution in [0.1, 0.15) is 22.4 Å². The SMILES string of the molecule is COc1ccc(CNCCc2c(C)[nH]c3ccccc23)cc1C. The summed E-state index contributed by atoms with van der Waals surface area (Å²) in [7, 11) is 1.71. The Bertz CT molecular complexity index is 805. The Balaban J connectivity index is 1.59. The van der Waals surface area contributed by atoms with Crippen LogP contribution in [0, 0.1) is 13.8 Å². The van der Waals surface area contributed by atoms with Gasteiger partial charge in [-0.05, 0) is 55.6 Å². The van der Waals surface area contributed by atoms with E-state index < -0.39 is 0 Å². The number of para-hydroxylation sites is 1. The number of fused-ring (bicyclic) bond motifs is 1. The molecule has 1 heterocycles. The van der Waals surface area contributed by atoms with Gasteiger partial charge in [-0.1, -0.05) is 30.3 Å². The number of aromatic nitrogens is 1. The zero-order valence-electron chi connectivity index (χ0n) is 14.1. The molecule has 3 heteroatoms. The minimum absolute atomic E-state index is 0.881. The third kappa shape index (κ3) is 3.40. The Labute approximate surface area is 137 Å². The predicted molar refractivity (Wildman–Crippen MR) is 96.2 cm³/mol. The van der Waals surface area contributed by atoms with E-state index in [1.54, 1.807) is 7.11 Å². The van der Waals surface area contributed by atoms with Crippen LogP contribution in [0.15, 0.2) is 42.5 Å². The molecule has 2 aromatic carbocycles. The molecule has 0 spiro atoms. The summed E-state index contributed by atoms with van der Waals surface area (Å²) in [4.78, 5) is 3.46. The van der Waals surface area contributed by atoms with E-state index >= 15 is 0 Å². The lowest BCUT2D eigenvalue weighted by atomic mass is 10.1. The van der Waals surface area contributed by atoms with E-state index in [9.17, 15) is 0 Å². The molecule has 0 aliphatic heterocycles. The van der Waals surface area contributed by atoms with Crippen molar-refractivity contribution < 1.29 is 4.74 Å². The van der Waals surface area contributed by atoms with Gasteiger partial charge in [0.25, 0.3) is 0 Å². The number of nitrogens with one attached hydrogen (secondary N) is 2. The average molecular weight is 308 g/mol. The fourth-order valence-corrected chi connectivity index (χ4v) is 3.15. The van der Waals surface area contributed by atoms with Gasteiger partial charge in [0.05, 0.1) is 7.11 Å². The van der Waals surface area contributed by atoms with Crippen LogP contribution in [0.4, 0.5) is 0 Å². The molecule has 0 saturated carbocycles. The largest absolute Gasteiger partial charge is 0.496 e. The summed E-state index contributed by atoms with van der Waals surface area (Å²) >= 11 is 0. The van der Waals surface area contributed by atoms with Crippen molar-refractivity contribution in [2.24, 2.45) is 0 Å².